The molecule has 3 rings (SSSR count). The second-order valence-corrected chi connectivity index (χ2v) is 6.25. The Morgan fingerprint density at radius 2 is 1.78 bits per heavy atom. The summed E-state index contributed by atoms with van der Waals surface area (Å²) < 4.78 is 2.11. The Labute approximate surface area is 138 Å². The van der Waals surface area contributed by atoms with Crippen LogP contribution in [0.25, 0.3) is 11.1 Å². The van der Waals surface area contributed by atoms with Crippen molar-refractivity contribution in [3.63, 3.8) is 0 Å². The van der Waals surface area contributed by atoms with Gasteiger partial charge in [-0.1, -0.05) is 19.8 Å². The van der Waals surface area contributed by atoms with Crippen molar-refractivity contribution < 1.29 is 4.79 Å². The van der Waals surface area contributed by atoms with Crippen LogP contribution in [-0.4, -0.2) is 33.4 Å². The molecule has 1 amide bonds. The molecule has 0 spiro atoms. The summed E-state index contributed by atoms with van der Waals surface area (Å²) in [5.74, 6) is 0.181. The molecule has 2 aromatic heterocycles. The standard InChI is InChI=1S/C19H25N3O/c1-2-11-22-15-17(16-7-9-20-10-8-16)14-18(22)19(23)21-12-5-3-4-6-13-21/h7-10,14-15H,2-6,11-13H2,1H3. The minimum atomic E-state index is 0.181. The van der Waals surface area contributed by atoms with E-state index in [1.807, 2.05) is 23.1 Å². The molecule has 0 saturated carbocycles. The molecular formula is C19H25N3O. The number of nitrogens with zero attached hydrogens (tertiary/aromatic N) is 3. The van der Waals surface area contributed by atoms with E-state index in [-0.39, 0.29) is 5.91 Å². The number of carbonyl (C=O) groups is 1. The summed E-state index contributed by atoms with van der Waals surface area (Å²) in [5, 5.41) is 0. The molecule has 0 aliphatic carbocycles. The molecule has 1 fully saturated rings. The number of rotatable bonds is 4. The molecule has 0 bridgehead atoms. The molecule has 2 aromatic rings. The third-order valence-electron chi connectivity index (χ3n) is 4.49. The molecule has 1 aliphatic rings. The third-order valence-corrected chi connectivity index (χ3v) is 4.49. The number of likely N-dealkylation sites (tertiary alicyclic amines) is 1. The Bertz CT molecular complexity index is 640. The minimum absolute atomic E-state index is 0.181. The Morgan fingerprint density at radius 1 is 1.09 bits per heavy atom. The molecule has 0 unspecified atom stereocenters. The van der Waals surface area contributed by atoms with E-state index in [1.54, 1.807) is 12.4 Å². The second-order valence-electron chi connectivity index (χ2n) is 6.25. The molecule has 23 heavy (non-hydrogen) atoms. The number of amides is 1. The van der Waals surface area contributed by atoms with Crippen LogP contribution in [0.15, 0.2) is 36.8 Å². The van der Waals surface area contributed by atoms with E-state index in [0.29, 0.717) is 0 Å². The summed E-state index contributed by atoms with van der Waals surface area (Å²) in [4.78, 5) is 19.1. The van der Waals surface area contributed by atoms with Crippen molar-refractivity contribution in [3.05, 3.63) is 42.5 Å². The van der Waals surface area contributed by atoms with Gasteiger partial charge in [0.15, 0.2) is 0 Å². The molecule has 1 saturated heterocycles. The Kier molecular flexibility index (Phi) is 5.11. The summed E-state index contributed by atoms with van der Waals surface area (Å²) in [7, 11) is 0. The van der Waals surface area contributed by atoms with Gasteiger partial charge in [-0.2, -0.15) is 0 Å². The Balaban J connectivity index is 1.90. The van der Waals surface area contributed by atoms with Gasteiger partial charge in [0.2, 0.25) is 0 Å². The highest BCUT2D eigenvalue weighted by Gasteiger charge is 2.21. The number of carbonyl (C=O) groups excluding carboxylic acids is 1. The second kappa shape index (κ2) is 7.44. The molecule has 0 radical (unpaired) electrons. The topological polar surface area (TPSA) is 38.1 Å². The van der Waals surface area contributed by atoms with Crippen LogP contribution in [0.2, 0.25) is 0 Å². The lowest BCUT2D eigenvalue weighted by molar-refractivity contribution is 0.0750. The fourth-order valence-electron chi connectivity index (χ4n) is 3.25. The molecular weight excluding hydrogens is 286 g/mol. The van der Waals surface area contributed by atoms with E-state index in [0.717, 1.165) is 55.7 Å². The van der Waals surface area contributed by atoms with Gasteiger partial charge < -0.3 is 9.47 Å². The molecule has 122 valence electrons. The molecule has 1 aliphatic heterocycles. The van der Waals surface area contributed by atoms with Crippen LogP contribution >= 0.6 is 0 Å². The average molecular weight is 311 g/mol. The van der Waals surface area contributed by atoms with Crippen LogP contribution in [0.1, 0.15) is 49.5 Å². The lowest BCUT2D eigenvalue weighted by atomic mass is 10.1. The zero-order valence-electron chi connectivity index (χ0n) is 13.9. The number of hydrogen-bond acceptors (Lipinski definition) is 2. The summed E-state index contributed by atoms with van der Waals surface area (Å²) in [6.07, 6.45) is 11.4. The van der Waals surface area contributed by atoms with Crippen LogP contribution in [-0.2, 0) is 6.54 Å². The lowest BCUT2D eigenvalue weighted by Gasteiger charge is -2.21. The monoisotopic (exact) mass is 311 g/mol. The van der Waals surface area contributed by atoms with E-state index in [1.165, 1.54) is 12.8 Å². The smallest absolute Gasteiger partial charge is 0.270 e. The average Bonchev–Trinajstić information content (AvgIpc) is 2.82. The van der Waals surface area contributed by atoms with Gasteiger partial charge >= 0.3 is 0 Å². The predicted molar refractivity (Wildman–Crippen MR) is 92.3 cm³/mol. The van der Waals surface area contributed by atoms with Crippen LogP contribution < -0.4 is 0 Å². The van der Waals surface area contributed by atoms with Gasteiger partial charge in [-0.25, -0.2) is 0 Å². The van der Waals surface area contributed by atoms with Gasteiger partial charge in [-0.15, -0.1) is 0 Å². The molecule has 0 atom stereocenters. The fraction of sp³-hybridized carbons (Fsp3) is 0.474. The zero-order valence-corrected chi connectivity index (χ0v) is 13.9. The lowest BCUT2D eigenvalue weighted by Crippen LogP contribution is -2.33. The summed E-state index contributed by atoms with van der Waals surface area (Å²) in [5.41, 5.74) is 3.03. The van der Waals surface area contributed by atoms with Crippen molar-refractivity contribution in [2.75, 3.05) is 13.1 Å². The Hall–Kier alpha value is -2.10. The van der Waals surface area contributed by atoms with Gasteiger partial charge in [-0.05, 0) is 43.0 Å². The first-order chi connectivity index (χ1) is 11.3. The maximum absolute atomic E-state index is 13.0. The van der Waals surface area contributed by atoms with E-state index in [4.69, 9.17) is 0 Å². The van der Waals surface area contributed by atoms with Crippen LogP contribution in [0.5, 0.6) is 0 Å². The fourth-order valence-corrected chi connectivity index (χ4v) is 3.25. The van der Waals surface area contributed by atoms with Crippen molar-refractivity contribution in [2.45, 2.75) is 45.6 Å². The van der Waals surface area contributed by atoms with E-state index in [9.17, 15) is 4.79 Å². The van der Waals surface area contributed by atoms with Gasteiger partial charge in [-0.3, -0.25) is 9.78 Å². The van der Waals surface area contributed by atoms with E-state index >= 15 is 0 Å². The highest BCUT2D eigenvalue weighted by atomic mass is 16.2. The first-order valence-electron chi connectivity index (χ1n) is 8.69. The van der Waals surface area contributed by atoms with Crippen molar-refractivity contribution in [1.82, 2.24) is 14.5 Å². The Morgan fingerprint density at radius 3 is 2.43 bits per heavy atom. The molecule has 3 heterocycles. The maximum Gasteiger partial charge on any atom is 0.270 e. The quantitative estimate of drug-likeness (QED) is 0.856. The van der Waals surface area contributed by atoms with Crippen molar-refractivity contribution in [1.29, 1.82) is 0 Å². The zero-order chi connectivity index (χ0) is 16.1. The maximum atomic E-state index is 13.0. The number of pyridine rings is 1. The molecule has 0 aromatic carbocycles. The first kappa shape index (κ1) is 15.8. The first-order valence-corrected chi connectivity index (χ1v) is 8.69. The minimum Gasteiger partial charge on any atom is -0.343 e. The van der Waals surface area contributed by atoms with Crippen LogP contribution in [0.4, 0.5) is 0 Å². The normalized spacial score (nSPS) is 15.4. The molecule has 4 heteroatoms. The SMILES string of the molecule is CCCn1cc(-c2ccncc2)cc1C(=O)N1CCCCCC1. The summed E-state index contributed by atoms with van der Waals surface area (Å²) >= 11 is 0. The van der Waals surface area contributed by atoms with Gasteiger partial charge in [0, 0.05) is 43.8 Å². The van der Waals surface area contributed by atoms with E-state index < -0.39 is 0 Å². The van der Waals surface area contributed by atoms with Crippen LogP contribution in [0.3, 0.4) is 0 Å². The summed E-state index contributed by atoms with van der Waals surface area (Å²) in [6, 6.07) is 6.02. The van der Waals surface area contributed by atoms with E-state index in [2.05, 4.69) is 22.7 Å². The molecule has 0 N–H and O–H groups in total. The highest BCUT2D eigenvalue weighted by Crippen LogP contribution is 2.23. The highest BCUT2D eigenvalue weighted by molar-refractivity contribution is 5.94. The third kappa shape index (κ3) is 3.63. The number of aromatic nitrogens is 2. The van der Waals surface area contributed by atoms with Gasteiger partial charge in [0.25, 0.3) is 5.91 Å². The largest absolute Gasteiger partial charge is 0.343 e. The summed E-state index contributed by atoms with van der Waals surface area (Å²) in [6.45, 7) is 4.80. The van der Waals surface area contributed by atoms with Crippen molar-refractivity contribution in [2.24, 2.45) is 0 Å². The number of hydrogen-bond donors (Lipinski definition) is 0. The van der Waals surface area contributed by atoms with Gasteiger partial charge in [0.1, 0.15) is 5.69 Å². The number of aryl methyl sites for hydroxylation is 1. The van der Waals surface area contributed by atoms with Crippen molar-refractivity contribution in [3.8, 4) is 11.1 Å². The predicted octanol–water partition coefficient (Wildman–Crippen LogP) is 3.98. The van der Waals surface area contributed by atoms with Gasteiger partial charge in [0.05, 0.1) is 0 Å². The van der Waals surface area contributed by atoms with Crippen LogP contribution in [0, 0.1) is 0 Å². The molecule has 4 nitrogen and oxygen atoms in total. The van der Waals surface area contributed by atoms with Crippen molar-refractivity contribution >= 4 is 5.91 Å².